The van der Waals surface area contributed by atoms with Crippen LogP contribution in [-0.4, -0.2) is 33.3 Å². The molecule has 1 aromatic carbocycles. The Hall–Kier alpha value is -2.60. The second-order valence-corrected chi connectivity index (χ2v) is 7.02. The Morgan fingerprint density at radius 1 is 1.35 bits per heavy atom. The monoisotopic (exact) mass is 353 g/mol. The van der Waals surface area contributed by atoms with Crippen LogP contribution in [0.3, 0.4) is 0 Å². The van der Waals surface area contributed by atoms with E-state index in [1.807, 2.05) is 50.2 Å². The Morgan fingerprint density at radius 3 is 2.85 bits per heavy atom. The van der Waals surface area contributed by atoms with Crippen LogP contribution in [0.25, 0.3) is 22.3 Å². The normalized spacial score (nSPS) is 19.9. The van der Waals surface area contributed by atoms with Crippen LogP contribution in [0.4, 0.5) is 0 Å². The largest absolute Gasteiger partial charge is 0.456 e. The van der Waals surface area contributed by atoms with Crippen LogP contribution < -0.4 is 10.3 Å². The molecule has 1 saturated heterocycles. The first kappa shape index (κ1) is 16.8. The van der Waals surface area contributed by atoms with E-state index in [9.17, 15) is 4.79 Å². The molecular formula is C20H23N3O3. The van der Waals surface area contributed by atoms with Crippen LogP contribution in [0.1, 0.15) is 26.7 Å². The fourth-order valence-corrected chi connectivity index (χ4v) is 3.30. The second-order valence-electron chi connectivity index (χ2n) is 7.02. The molecule has 136 valence electrons. The van der Waals surface area contributed by atoms with Crippen LogP contribution in [0.15, 0.2) is 41.2 Å². The van der Waals surface area contributed by atoms with Crippen molar-refractivity contribution in [2.75, 3.05) is 13.2 Å². The maximum absolute atomic E-state index is 13.0. The predicted octanol–water partition coefficient (Wildman–Crippen LogP) is 3.36. The number of hydrogen-bond donors (Lipinski definition) is 1. The molecule has 6 heteroatoms. The van der Waals surface area contributed by atoms with Gasteiger partial charge in [-0.15, -0.1) is 0 Å². The van der Waals surface area contributed by atoms with Crippen molar-refractivity contribution in [3.63, 3.8) is 0 Å². The van der Waals surface area contributed by atoms with Gasteiger partial charge in [-0.05, 0) is 25.0 Å². The number of nitrogens with zero attached hydrogens (tertiary/aromatic N) is 2. The first-order valence-electron chi connectivity index (χ1n) is 9.05. The van der Waals surface area contributed by atoms with Crippen molar-refractivity contribution in [3.8, 4) is 17.3 Å². The number of H-pyrrole nitrogens is 1. The summed E-state index contributed by atoms with van der Waals surface area (Å²) in [4.78, 5) is 20.9. The van der Waals surface area contributed by atoms with E-state index in [1.165, 1.54) is 0 Å². The molecule has 1 atom stereocenters. The fraction of sp³-hybridized carbons (Fsp3) is 0.400. The van der Waals surface area contributed by atoms with E-state index in [0.29, 0.717) is 36.8 Å². The van der Waals surface area contributed by atoms with E-state index in [0.717, 1.165) is 24.1 Å². The molecule has 0 radical (unpaired) electrons. The van der Waals surface area contributed by atoms with Crippen molar-refractivity contribution < 1.29 is 9.47 Å². The van der Waals surface area contributed by atoms with Gasteiger partial charge in [0.2, 0.25) is 0 Å². The lowest BCUT2D eigenvalue weighted by Gasteiger charge is -2.24. The molecule has 1 N–H and O–H groups in total. The van der Waals surface area contributed by atoms with Crippen LogP contribution in [0.2, 0.25) is 0 Å². The molecule has 0 spiro atoms. The Labute approximate surface area is 151 Å². The minimum absolute atomic E-state index is 0.100. The van der Waals surface area contributed by atoms with Crippen molar-refractivity contribution in [2.45, 2.75) is 38.8 Å². The molecule has 1 aliphatic heterocycles. The number of fused-ring (bicyclic) bond motifs is 1. The average molecular weight is 353 g/mol. The topological polar surface area (TPSA) is 69.1 Å². The number of aromatic amines is 1. The predicted molar refractivity (Wildman–Crippen MR) is 101 cm³/mol. The highest BCUT2D eigenvalue weighted by molar-refractivity contribution is 5.82. The summed E-state index contributed by atoms with van der Waals surface area (Å²) in [6.45, 7) is 5.77. The zero-order valence-electron chi connectivity index (χ0n) is 15.1. The molecule has 26 heavy (non-hydrogen) atoms. The van der Waals surface area contributed by atoms with E-state index in [2.05, 4.69) is 9.97 Å². The van der Waals surface area contributed by atoms with Crippen LogP contribution in [-0.2, 0) is 11.3 Å². The standard InChI is InChI=1S/C20H23N3O3/c1-3-10-23-18(24)17-16(12-15(21-17)14-7-5-4-6-8-14)22-19(23)26-20(2)9-11-25-13-20/h4-8,12,21H,3,9-11,13H2,1-2H3. The number of rotatable bonds is 5. The van der Waals surface area contributed by atoms with E-state index >= 15 is 0 Å². The number of hydrogen-bond acceptors (Lipinski definition) is 4. The summed E-state index contributed by atoms with van der Waals surface area (Å²) in [6.07, 6.45) is 1.61. The molecule has 2 aromatic heterocycles. The van der Waals surface area contributed by atoms with Crippen LogP contribution >= 0.6 is 0 Å². The Morgan fingerprint density at radius 2 is 2.15 bits per heavy atom. The highest BCUT2D eigenvalue weighted by atomic mass is 16.6. The maximum atomic E-state index is 13.0. The maximum Gasteiger partial charge on any atom is 0.300 e. The third kappa shape index (κ3) is 3.01. The SMILES string of the molecule is CCCn1c(OC2(C)CCOC2)nc2cc(-c3ccccc3)[nH]c2c1=O. The van der Waals surface area contributed by atoms with Crippen molar-refractivity contribution in [2.24, 2.45) is 0 Å². The lowest BCUT2D eigenvalue weighted by atomic mass is 10.1. The van der Waals surface area contributed by atoms with Gasteiger partial charge in [0.1, 0.15) is 11.1 Å². The smallest absolute Gasteiger partial charge is 0.300 e. The lowest BCUT2D eigenvalue weighted by molar-refractivity contribution is 0.0527. The van der Waals surface area contributed by atoms with E-state index in [-0.39, 0.29) is 5.56 Å². The fourth-order valence-electron chi connectivity index (χ4n) is 3.30. The number of ether oxygens (including phenoxy) is 2. The molecule has 3 aromatic rings. The molecule has 1 aliphatic rings. The van der Waals surface area contributed by atoms with Gasteiger partial charge in [-0.1, -0.05) is 37.3 Å². The Balaban J connectivity index is 1.83. The van der Waals surface area contributed by atoms with Gasteiger partial charge < -0.3 is 14.5 Å². The van der Waals surface area contributed by atoms with Crippen LogP contribution in [0, 0.1) is 0 Å². The van der Waals surface area contributed by atoms with E-state index < -0.39 is 5.60 Å². The summed E-state index contributed by atoms with van der Waals surface area (Å²) in [5.41, 5.74) is 2.49. The average Bonchev–Trinajstić information content (AvgIpc) is 3.26. The molecule has 0 aliphatic carbocycles. The van der Waals surface area contributed by atoms with Gasteiger partial charge in [-0.25, -0.2) is 0 Å². The van der Waals surface area contributed by atoms with Gasteiger partial charge in [0.05, 0.1) is 18.7 Å². The van der Waals surface area contributed by atoms with Crippen molar-refractivity contribution >= 4 is 11.0 Å². The van der Waals surface area contributed by atoms with Crippen molar-refractivity contribution in [3.05, 3.63) is 46.8 Å². The summed E-state index contributed by atoms with van der Waals surface area (Å²) in [6, 6.07) is 12.2. The van der Waals surface area contributed by atoms with Crippen molar-refractivity contribution in [1.82, 2.24) is 14.5 Å². The van der Waals surface area contributed by atoms with Gasteiger partial charge >= 0.3 is 0 Å². The summed E-state index contributed by atoms with van der Waals surface area (Å²) >= 11 is 0. The zero-order chi connectivity index (χ0) is 18.1. The van der Waals surface area contributed by atoms with Gasteiger partial charge in [-0.2, -0.15) is 4.98 Å². The lowest BCUT2D eigenvalue weighted by Crippen LogP contribution is -2.36. The highest BCUT2D eigenvalue weighted by Crippen LogP contribution is 2.27. The molecule has 0 saturated carbocycles. The Bertz CT molecular complexity index is 969. The minimum atomic E-state index is -0.443. The van der Waals surface area contributed by atoms with Gasteiger partial charge in [-0.3, -0.25) is 9.36 Å². The summed E-state index contributed by atoms with van der Waals surface area (Å²) in [7, 11) is 0. The van der Waals surface area contributed by atoms with Crippen LogP contribution in [0.5, 0.6) is 6.01 Å². The molecule has 4 rings (SSSR count). The molecule has 1 fully saturated rings. The van der Waals surface area contributed by atoms with Crippen molar-refractivity contribution in [1.29, 1.82) is 0 Å². The summed E-state index contributed by atoms with van der Waals surface area (Å²) in [5.74, 6) is 0. The number of nitrogens with one attached hydrogen (secondary N) is 1. The number of aromatic nitrogens is 3. The molecule has 3 heterocycles. The quantitative estimate of drug-likeness (QED) is 0.764. The third-order valence-corrected chi connectivity index (χ3v) is 4.76. The zero-order valence-corrected chi connectivity index (χ0v) is 15.1. The summed E-state index contributed by atoms with van der Waals surface area (Å²) < 4.78 is 13.3. The minimum Gasteiger partial charge on any atom is -0.456 e. The summed E-state index contributed by atoms with van der Waals surface area (Å²) in [5, 5.41) is 0. The molecule has 0 bridgehead atoms. The van der Waals surface area contributed by atoms with Gasteiger partial charge in [0.25, 0.3) is 11.6 Å². The first-order valence-corrected chi connectivity index (χ1v) is 9.05. The third-order valence-electron chi connectivity index (χ3n) is 4.76. The van der Waals surface area contributed by atoms with Gasteiger partial charge in [0, 0.05) is 18.7 Å². The van der Waals surface area contributed by atoms with E-state index in [4.69, 9.17) is 9.47 Å². The van der Waals surface area contributed by atoms with Gasteiger partial charge in [0.15, 0.2) is 0 Å². The molecule has 1 unspecified atom stereocenters. The highest BCUT2D eigenvalue weighted by Gasteiger charge is 2.33. The molecule has 6 nitrogen and oxygen atoms in total. The van der Waals surface area contributed by atoms with E-state index in [1.54, 1.807) is 4.57 Å². The Kier molecular flexibility index (Phi) is 4.28. The first-order chi connectivity index (χ1) is 12.6. The molecular weight excluding hydrogens is 330 g/mol. The number of benzene rings is 1. The molecule has 0 amide bonds. The second kappa shape index (κ2) is 6.61.